The molecule has 0 heterocycles. The molecule has 0 spiro atoms. The van der Waals surface area contributed by atoms with Gasteiger partial charge in [0, 0.05) is 24.4 Å². The van der Waals surface area contributed by atoms with Crippen LogP contribution in [-0.4, -0.2) is 105 Å². The van der Waals surface area contributed by atoms with Crippen molar-refractivity contribution in [2.45, 2.75) is 49.4 Å². The summed E-state index contributed by atoms with van der Waals surface area (Å²) in [6.45, 7) is 0.410. The van der Waals surface area contributed by atoms with Crippen molar-refractivity contribution in [3.05, 3.63) is 0 Å². The van der Waals surface area contributed by atoms with Crippen molar-refractivity contribution in [1.82, 2.24) is 5.32 Å². The first kappa shape index (κ1) is 26.4. The summed E-state index contributed by atoms with van der Waals surface area (Å²) < 4.78 is 4.80. The summed E-state index contributed by atoms with van der Waals surface area (Å²) in [6, 6.07) is 0. The van der Waals surface area contributed by atoms with Gasteiger partial charge in [-0.05, 0) is 12.7 Å². The molecule has 0 aliphatic carbocycles. The van der Waals surface area contributed by atoms with Crippen LogP contribution in [0.4, 0.5) is 0 Å². The molecule has 0 aromatic heterocycles. The summed E-state index contributed by atoms with van der Waals surface area (Å²) in [4.78, 5) is 37.3. The number of rotatable bonds is 12. The highest BCUT2D eigenvalue weighted by Gasteiger charge is 2.28. The van der Waals surface area contributed by atoms with Gasteiger partial charge < -0.3 is 35.6 Å². The van der Waals surface area contributed by atoms with Gasteiger partial charge in [0.25, 0.3) is 0 Å². The first-order valence-electron chi connectivity index (χ1n) is 8.54. The van der Waals surface area contributed by atoms with Crippen LogP contribution in [0.5, 0.6) is 0 Å². The highest BCUT2D eigenvalue weighted by atomic mass is 32.2. The van der Waals surface area contributed by atoms with E-state index in [4.69, 9.17) is 14.9 Å². The van der Waals surface area contributed by atoms with E-state index in [2.05, 4.69) is 4.99 Å². The molecule has 0 aromatic rings. The summed E-state index contributed by atoms with van der Waals surface area (Å²) in [5.41, 5.74) is 0. The zero-order valence-electron chi connectivity index (χ0n) is 15.7. The summed E-state index contributed by atoms with van der Waals surface area (Å²) in [5.74, 6) is -2.89. The lowest BCUT2D eigenvalue weighted by molar-refractivity contribution is -0.146. The smallest absolute Gasteiger partial charge is 0.334 e. The first-order chi connectivity index (χ1) is 13.2. The van der Waals surface area contributed by atoms with Crippen LogP contribution in [0.15, 0.2) is 4.99 Å². The second kappa shape index (κ2) is 14.4. The minimum atomic E-state index is -1.59. The van der Waals surface area contributed by atoms with E-state index in [0.29, 0.717) is 6.21 Å². The third-order valence-corrected chi connectivity index (χ3v) is 4.59. The van der Waals surface area contributed by atoms with Crippen LogP contribution in [0.2, 0.25) is 0 Å². The quantitative estimate of drug-likeness (QED) is 0.109. The Labute approximate surface area is 166 Å². The van der Waals surface area contributed by atoms with Gasteiger partial charge in [-0.15, -0.1) is 0 Å². The number of thioether (sulfide) groups is 1. The number of nitrogens with zero attached hydrogens (tertiary/aromatic N) is 1. The maximum Gasteiger partial charge on any atom is 0.334 e. The summed E-state index contributed by atoms with van der Waals surface area (Å²) >= 11 is 1.14. The van der Waals surface area contributed by atoms with Gasteiger partial charge in [-0.25, -0.2) is 4.99 Å². The normalized spacial score (nSPS) is 16.8. The molecule has 12 heteroatoms. The molecule has 0 rings (SSSR count). The molecule has 5 atom stereocenters. The summed E-state index contributed by atoms with van der Waals surface area (Å²) in [5, 5.41) is 49.0. The molecule has 0 aliphatic rings. The molecule has 0 aliphatic heterocycles. The molecule has 0 aromatic carbocycles. The maximum atomic E-state index is 11.5. The molecule has 2 amide bonds. The number of carbonyl (C=O) groups excluding carboxylic acids is 3. The number of hydrogen-bond donors (Lipinski definition) is 6. The van der Waals surface area contributed by atoms with Gasteiger partial charge in [-0.1, -0.05) is 6.92 Å². The Kier molecular flexibility index (Phi) is 13.6. The third-order valence-electron chi connectivity index (χ3n) is 3.51. The summed E-state index contributed by atoms with van der Waals surface area (Å²) in [7, 11) is 0. The minimum absolute atomic E-state index is 0.00227. The van der Waals surface area contributed by atoms with E-state index in [1.54, 1.807) is 13.2 Å². The maximum absolute atomic E-state index is 11.5. The molecule has 0 fully saturated rings. The highest BCUT2D eigenvalue weighted by molar-refractivity contribution is 7.99. The number of ether oxygens (including phenoxy) is 1. The van der Waals surface area contributed by atoms with E-state index in [1.807, 2.05) is 5.32 Å². The first-order valence-corrected chi connectivity index (χ1v) is 9.82. The lowest BCUT2D eigenvalue weighted by Gasteiger charge is -2.25. The molecule has 11 nitrogen and oxygen atoms in total. The molecule has 0 bridgehead atoms. The molecular weight excluding hydrogens is 396 g/mol. The van der Waals surface area contributed by atoms with Crippen molar-refractivity contribution in [3.8, 4) is 0 Å². The number of esters is 1. The standard InChI is InChI=1S/C16H28N2O9S/c1-3-13(23)27-8-9(20)4-12(28-2)14(24)11(22)6-18-16(26)15(25)17-5-10(21)7-19/h6,9-12,14,19-22,24H,3-5,7-8H2,1-2H3,(H,17,25). The second-order valence-corrected chi connectivity index (χ2v) is 6.89. The van der Waals surface area contributed by atoms with E-state index in [9.17, 15) is 29.7 Å². The van der Waals surface area contributed by atoms with Crippen LogP contribution in [0.1, 0.15) is 19.8 Å². The fraction of sp³-hybridized carbons (Fsp3) is 0.750. The average molecular weight is 424 g/mol. The number of aliphatic hydroxyl groups excluding tert-OH is 5. The van der Waals surface area contributed by atoms with Gasteiger partial charge >= 0.3 is 17.8 Å². The van der Waals surface area contributed by atoms with Crippen molar-refractivity contribution in [1.29, 1.82) is 0 Å². The molecule has 0 radical (unpaired) electrons. The van der Waals surface area contributed by atoms with Crippen LogP contribution >= 0.6 is 11.8 Å². The molecule has 0 saturated carbocycles. The van der Waals surface area contributed by atoms with Crippen molar-refractivity contribution in [2.24, 2.45) is 4.99 Å². The number of aliphatic imine (C=N–C) groups is 1. The highest BCUT2D eigenvalue weighted by Crippen LogP contribution is 2.20. The van der Waals surface area contributed by atoms with Gasteiger partial charge in [-0.3, -0.25) is 14.4 Å². The molecule has 0 saturated heterocycles. The van der Waals surface area contributed by atoms with E-state index in [0.717, 1.165) is 11.8 Å². The van der Waals surface area contributed by atoms with Crippen molar-refractivity contribution < 1.29 is 44.7 Å². The molecule has 28 heavy (non-hydrogen) atoms. The van der Waals surface area contributed by atoms with Crippen LogP contribution in [0.25, 0.3) is 0 Å². The lowest BCUT2D eigenvalue weighted by Crippen LogP contribution is -2.40. The van der Waals surface area contributed by atoms with Crippen molar-refractivity contribution in [3.63, 3.8) is 0 Å². The summed E-state index contributed by atoms with van der Waals surface area (Å²) in [6.07, 6.45) is -2.80. The topological polar surface area (TPSA) is 186 Å². The second-order valence-electron chi connectivity index (χ2n) is 5.81. The van der Waals surface area contributed by atoms with E-state index in [1.165, 1.54) is 0 Å². The zero-order chi connectivity index (χ0) is 21.7. The molecule has 162 valence electrons. The fourth-order valence-corrected chi connectivity index (χ4v) is 2.72. The monoisotopic (exact) mass is 424 g/mol. The zero-order valence-corrected chi connectivity index (χ0v) is 16.5. The Hall–Kier alpha value is -1.57. The predicted molar refractivity (Wildman–Crippen MR) is 101 cm³/mol. The van der Waals surface area contributed by atoms with E-state index in [-0.39, 0.29) is 26.0 Å². The number of amides is 2. The Morgan fingerprint density at radius 2 is 1.82 bits per heavy atom. The Morgan fingerprint density at radius 3 is 2.36 bits per heavy atom. The van der Waals surface area contributed by atoms with Gasteiger partial charge in [0.2, 0.25) is 0 Å². The number of hydrogen-bond acceptors (Lipinski definition) is 10. The average Bonchev–Trinajstić information content (AvgIpc) is 2.70. The van der Waals surface area contributed by atoms with Gasteiger partial charge in [0.1, 0.15) is 12.7 Å². The van der Waals surface area contributed by atoms with E-state index >= 15 is 0 Å². The lowest BCUT2D eigenvalue weighted by atomic mass is 10.1. The Bertz CT molecular complexity index is 532. The Balaban J connectivity index is 4.59. The largest absolute Gasteiger partial charge is 0.463 e. The predicted octanol–water partition coefficient (Wildman–Crippen LogP) is -2.79. The number of carbonyl (C=O) groups is 3. The van der Waals surface area contributed by atoms with Gasteiger partial charge in [0.05, 0.1) is 24.9 Å². The molecule has 5 unspecified atom stereocenters. The van der Waals surface area contributed by atoms with Crippen LogP contribution < -0.4 is 5.32 Å². The SMILES string of the molecule is CCC(=O)OCC(O)CC(SC)C(O)C(O)C=NC(=O)C(=O)NCC(O)CO. The third kappa shape index (κ3) is 10.7. The molecule has 6 N–H and O–H groups in total. The van der Waals surface area contributed by atoms with Gasteiger partial charge in [0.15, 0.2) is 0 Å². The molecular formula is C16H28N2O9S. The van der Waals surface area contributed by atoms with Crippen LogP contribution in [-0.2, 0) is 19.1 Å². The van der Waals surface area contributed by atoms with Gasteiger partial charge in [-0.2, -0.15) is 11.8 Å². The van der Waals surface area contributed by atoms with Crippen LogP contribution in [0, 0.1) is 0 Å². The van der Waals surface area contributed by atoms with E-state index < -0.39 is 54.1 Å². The number of aliphatic hydroxyl groups is 5. The van der Waals surface area contributed by atoms with Crippen molar-refractivity contribution >= 4 is 35.8 Å². The minimum Gasteiger partial charge on any atom is -0.463 e. The van der Waals surface area contributed by atoms with Crippen molar-refractivity contribution in [2.75, 3.05) is 26.0 Å². The fourth-order valence-electron chi connectivity index (χ4n) is 1.86. The number of nitrogens with one attached hydrogen (secondary N) is 1. The van der Waals surface area contributed by atoms with Crippen LogP contribution in [0.3, 0.4) is 0 Å². The Morgan fingerprint density at radius 1 is 1.18 bits per heavy atom.